The van der Waals surface area contributed by atoms with Gasteiger partial charge in [-0.1, -0.05) is 19.8 Å². The summed E-state index contributed by atoms with van der Waals surface area (Å²) in [4.78, 5) is 11.4. The minimum atomic E-state index is -0.424. The van der Waals surface area contributed by atoms with Crippen LogP contribution in [0.3, 0.4) is 0 Å². The zero-order valence-corrected chi connectivity index (χ0v) is 10.5. The Bertz CT molecular complexity index is 424. The van der Waals surface area contributed by atoms with Gasteiger partial charge in [-0.05, 0) is 6.42 Å². The van der Waals surface area contributed by atoms with Crippen molar-refractivity contribution in [2.45, 2.75) is 38.6 Å². The van der Waals surface area contributed by atoms with Gasteiger partial charge in [0.2, 0.25) is 0 Å². The molecule has 94 valence electrons. The smallest absolute Gasteiger partial charge is 0.269 e. The van der Waals surface area contributed by atoms with E-state index in [-0.39, 0.29) is 6.04 Å². The molecule has 0 bridgehead atoms. The second-order valence-corrected chi connectivity index (χ2v) is 4.60. The Morgan fingerprint density at radius 2 is 2.41 bits per heavy atom. The molecular formula is C12H20N4O. The van der Waals surface area contributed by atoms with Gasteiger partial charge in [-0.3, -0.25) is 9.48 Å². The number of primary amides is 1. The number of carbonyl (C=O) groups excluding carboxylic acids is 1. The lowest BCUT2D eigenvalue weighted by atomic mass is 9.94. The summed E-state index contributed by atoms with van der Waals surface area (Å²) in [7, 11) is 1.88. The highest BCUT2D eigenvalue weighted by Gasteiger charge is 2.28. The van der Waals surface area contributed by atoms with Crippen molar-refractivity contribution < 1.29 is 4.79 Å². The minimum absolute atomic E-state index is 0.231. The summed E-state index contributed by atoms with van der Waals surface area (Å²) >= 11 is 0. The van der Waals surface area contributed by atoms with Crippen LogP contribution in [0.2, 0.25) is 0 Å². The van der Waals surface area contributed by atoms with Gasteiger partial charge in [-0.15, -0.1) is 0 Å². The molecule has 1 aliphatic heterocycles. The van der Waals surface area contributed by atoms with Crippen molar-refractivity contribution in [2.75, 3.05) is 6.54 Å². The van der Waals surface area contributed by atoms with Crippen LogP contribution >= 0.6 is 0 Å². The fourth-order valence-electron chi connectivity index (χ4n) is 2.54. The van der Waals surface area contributed by atoms with Crippen molar-refractivity contribution in [3.63, 3.8) is 0 Å². The molecule has 0 saturated heterocycles. The Labute approximate surface area is 101 Å². The fraction of sp³-hybridized carbons (Fsp3) is 0.667. The predicted molar refractivity (Wildman–Crippen MR) is 65.7 cm³/mol. The highest BCUT2D eigenvalue weighted by atomic mass is 16.1. The van der Waals surface area contributed by atoms with Gasteiger partial charge in [0.25, 0.3) is 5.91 Å². The number of amides is 1. The number of carbonyl (C=O) groups is 1. The standard InChI is InChI=1S/C12H20N4O/c1-3-4-5-8-10-9(6-7-14-8)16(2)15-11(10)12(13)17/h8,14H,3-7H2,1-2H3,(H2,13,17). The molecule has 3 N–H and O–H groups in total. The van der Waals surface area contributed by atoms with E-state index in [4.69, 9.17) is 5.73 Å². The van der Waals surface area contributed by atoms with Crippen LogP contribution in [0.25, 0.3) is 0 Å². The molecule has 0 saturated carbocycles. The van der Waals surface area contributed by atoms with Gasteiger partial charge >= 0.3 is 0 Å². The lowest BCUT2D eigenvalue weighted by Gasteiger charge is -2.24. The highest BCUT2D eigenvalue weighted by Crippen LogP contribution is 2.29. The summed E-state index contributed by atoms with van der Waals surface area (Å²) < 4.78 is 1.80. The molecule has 2 heterocycles. The fourth-order valence-corrected chi connectivity index (χ4v) is 2.54. The molecular weight excluding hydrogens is 216 g/mol. The number of rotatable bonds is 4. The Balaban J connectivity index is 2.37. The molecule has 2 rings (SSSR count). The Kier molecular flexibility index (Phi) is 3.47. The van der Waals surface area contributed by atoms with Crippen LogP contribution in [0.1, 0.15) is 54.0 Å². The molecule has 0 aliphatic carbocycles. The Morgan fingerprint density at radius 3 is 3.06 bits per heavy atom. The molecule has 17 heavy (non-hydrogen) atoms. The second kappa shape index (κ2) is 4.87. The molecule has 0 spiro atoms. The SMILES string of the molecule is CCCCC1NCCc2c1c(C(N)=O)nn2C. The third-order valence-electron chi connectivity index (χ3n) is 3.39. The van der Waals surface area contributed by atoms with Gasteiger partial charge < -0.3 is 11.1 Å². The van der Waals surface area contributed by atoms with Gasteiger partial charge in [0, 0.05) is 37.3 Å². The number of fused-ring (bicyclic) bond motifs is 1. The summed E-state index contributed by atoms with van der Waals surface area (Å²) in [6.07, 6.45) is 4.24. The maximum Gasteiger partial charge on any atom is 0.269 e. The second-order valence-electron chi connectivity index (χ2n) is 4.60. The quantitative estimate of drug-likeness (QED) is 0.815. The molecule has 1 aromatic rings. The van der Waals surface area contributed by atoms with Crippen molar-refractivity contribution in [3.8, 4) is 0 Å². The number of nitrogens with two attached hydrogens (primary N) is 1. The van der Waals surface area contributed by atoms with Crippen molar-refractivity contribution in [1.29, 1.82) is 0 Å². The van der Waals surface area contributed by atoms with Gasteiger partial charge in [-0.25, -0.2) is 0 Å². The number of nitrogens with zero attached hydrogens (tertiary/aromatic N) is 2. The van der Waals surface area contributed by atoms with Crippen molar-refractivity contribution in [1.82, 2.24) is 15.1 Å². The van der Waals surface area contributed by atoms with Gasteiger partial charge in [0.1, 0.15) is 0 Å². The van der Waals surface area contributed by atoms with E-state index >= 15 is 0 Å². The third-order valence-corrected chi connectivity index (χ3v) is 3.39. The van der Waals surface area contributed by atoms with E-state index in [9.17, 15) is 4.79 Å². The third kappa shape index (κ3) is 2.20. The number of unbranched alkanes of at least 4 members (excludes halogenated alkanes) is 1. The average Bonchev–Trinajstić information content (AvgIpc) is 2.65. The average molecular weight is 236 g/mol. The normalized spacial score (nSPS) is 19.1. The zero-order valence-electron chi connectivity index (χ0n) is 10.5. The van der Waals surface area contributed by atoms with E-state index in [0.717, 1.165) is 43.5 Å². The summed E-state index contributed by atoms with van der Waals surface area (Å²) in [5, 5.41) is 7.71. The largest absolute Gasteiger partial charge is 0.364 e. The maximum absolute atomic E-state index is 11.4. The van der Waals surface area contributed by atoms with E-state index in [2.05, 4.69) is 17.3 Å². The zero-order chi connectivity index (χ0) is 12.4. The highest BCUT2D eigenvalue weighted by molar-refractivity contribution is 5.92. The van der Waals surface area contributed by atoms with Crippen LogP contribution < -0.4 is 11.1 Å². The number of nitrogens with one attached hydrogen (secondary N) is 1. The van der Waals surface area contributed by atoms with Crippen molar-refractivity contribution in [2.24, 2.45) is 12.8 Å². The lowest BCUT2D eigenvalue weighted by Crippen LogP contribution is -2.31. The topological polar surface area (TPSA) is 72.9 Å². The number of aryl methyl sites for hydroxylation is 1. The van der Waals surface area contributed by atoms with Gasteiger partial charge in [0.15, 0.2) is 5.69 Å². The molecule has 0 fully saturated rings. The lowest BCUT2D eigenvalue weighted by molar-refractivity contribution is 0.0993. The molecule has 0 aromatic carbocycles. The molecule has 5 heteroatoms. The first kappa shape index (κ1) is 12.1. The molecule has 5 nitrogen and oxygen atoms in total. The van der Waals surface area contributed by atoms with E-state index in [1.54, 1.807) is 4.68 Å². The summed E-state index contributed by atoms with van der Waals surface area (Å²) in [6, 6.07) is 0.231. The van der Waals surface area contributed by atoms with Crippen LogP contribution in [0.4, 0.5) is 0 Å². The number of hydrogen-bond donors (Lipinski definition) is 2. The van der Waals surface area contributed by atoms with E-state index in [1.165, 1.54) is 0 Å². The maximum atomic E-state index is 11.4. The van der Waals surface area contributed by atoms with E-state index < -0.39 is 5.91 Å². The van der Waals surface area contributed by atoms with Crippen molar-refractivity contribution in [3.05, 3.63) is 17.0 Å². The first-order valence-electron chi connectivity index (χ1n) is 6.24. The van der Waals surface area contributed by atoms with E-state index in [0.29, 0.717) is 5.69 Å². The summed E-state index contributed by atoms with van der Waals surface area (Å²) in [5.41, 5.74) is 8.02. The van der Waals surface area contributed by atoms with Crippen LogP contribution in [0, 0.1) is 0 Å². The molecule has 1 aromatic heterocycles. The number of hydrogen-bond acceptors (Lipinski definition) is 3. The van der Waals surface area contributed by atoms with Crippen LogP contribution in [-0.4, -0.2) is 22.2 Å². The Morgan fingerprint density at radius 1 is 1.65 bits per heavy atom. The van der Waals surface area contributed by atoms with Crippen LogP contribution in [0.15, 0.2) is 0 Å². The summed E-state index contributed by atoms with van der Waals surface area (Å²) in [5.74, 6) is -0.424. The molecule has 1 amide bonds. The first-order chi connectivity index (χ1) is 8.15. The summed E-state index contributed by atoms with van der Waals surface area (Å²) in [6.45, 7) is 3.11. The first-order valence-corrected chi connectivity index (χ1v) is 6.24. The molecule has 0 radical (unpaired) electrons. The molecule has 1 unspecified atom stereocenters. The van der Waals surface area contributed by atoms with Crippen molar-refractivity contribution >= 4 is 5.91 Å². The molecule has 1 aliphatic rings. The minimum Gasteiger partial charge on any atom is -0.364 e. The molecule has 1 atom stereocenters. The van der Waals surface area contributed by atoms with E-state index in [1.807, 2.05) is 7.05 Å². The Hall–Kier alpha value is -1.36. The monoisotopic (exact) mass is 236 g/mol. The van der Waals surface area contributed by atoms with Crippen LogP contribution in [0.5, 0.6) is 0 Å². The van der Waals surface area contributed by atoms with Gasteiger partial charge in [0.05, 0.1) is 0 Å². The van der Waals surface area contributed by atoms with Gasteiger partial charge in [-0.2, -0.15) is 5.10 Å². The number of aromatic nitrogens is 2. The van der Waals surface area contributed by atoms with Crippen LogP contribution in [-0.2, 0) is 13.5 Å². The predicted octanol–water partition coefficient (Wildman–Crippen LogP) is 0.896.